The third-order valence-electron chi connectivity index (χ3n) is 6.71. The molecule has 0 saturated heterocycles. The zero-order chi connectivity index (χ0) is 28.4. The van der Waals surface area contributed by atoms with Gasteiger partial charge in [0.1, 0.15) is 24.2 Å². The van der Waals surface area contributed by atoms with E-state index in [1.807, 2.05) is 60.7 Å². The summed E-state index contributed by atoms with van der Waals surface area (Å²) >= 11 is 0. The molecule has 0 radical (unpaired) electrons. The number of methoxy groups -OCH3 is 1. The van der Waals surface area contributed by atoms with E-state index in [0.717, 1.165) is 45.1 Å². The van der Waals surface area contributed by atoms with Crippen molar-refractivity contribution in [2.75, 3.05) is 25.2 Å². The van der Waals surface area contributed by atoms with Crippen LogP contribution in [0.1, 0.15) is 16.7 Å². The average molecular weight is 544 g/mol. The van der Waals surface area contributed by atoms with Crippen molar-refractivity contribution in [1.29, 1.82) is 0 Å². The molecule has 0 spiro atoms. The van der Waals surface area contributed by atoms with Crippen LogP contribution in [0.3, 0.4) is 0 Å². The Morgan fingerprint density at radius 2 is 1.12 bits per heavy atom. The first-order valence-electron chi connectivity index (χ1n) is 13.5. The number of ether oxygens (including phenoxy) is 2. The van der Waals surface area contributed by atoms with E-state index in [9.17, 15) is 5.11 Å². The molecule has 2 N–H and O–H groups in total. The molecule has 0 amide bonds. The summed E-state index contributed by atoms with van der Waals surface area (Å²) in [5.41, 5.74) is 7.51. The van der Waals surface area contributed by atoms with E-state index in [0.29, 0.717) is 5.75 Å². The molecular weight excluding hydrogens is 510 g/mol. The van der Waals surface area contributed by atoms with Gasteiger partial charge in [-0.1, -0.05) is 72.8 Å². The molecule has 0 aliphatic heterocycles. The second-order valence-corrected chi connectivity index (χ2v) is 9.56. The number of aliphatic hydroxyl groups excluding tert-OH is 2. The highest BCUT2D eigenvalue weighted by molar-refractivity contribution is 5.91. The van der Waals surface area contributed by atoms with Crippen LogP contribution in [0.4, 0.5) is 17.1 Å². The van der Waals surface area contributed by atoms with Gasteiger partial charge >= 0.3 is 0 Å². The normalized spacial score (nSPS) is 11.4. The first kappa shape index (κ1) is 27.7. The molecule has 5 nitrogen and oxygen atoms in total. The maximum absolute atomic E-state index is 9.61. The molecule has 0 aliphatic carbocycles. The molecule has 1 atom stereocenters. The summed E-state index contributed by atoms with van der Waals surface area (Å²) in [7, 11) is 1.66. The number of hydrogen-bond donors (Lipinski definition) is 2. The minimum Gasteiger partial charge on any atom is -0.497 e. The molecule has 5 heteroatoms. The van der Waals surface area contributed by atoms with E-state index in [2.05, 4.69) is 83.8 Å². The Kier molecular flexibility index (Phi) is 9.12. The van der Waals surface area contributed by atoms with E-state index in [4.69, 9.17) is 14.6 Å². The lowest BCUT2D eigenvalue weighted by Gasteiger charge is -2.26. The van der Waals surface area contributed by atoms with Crippen molar-refractivity contribution >= 4 is 28.7 Å². The molecule has 5 aromatic carbocycles. The maximum atomic E-state index is 9.61. The topological polar surface area (TPSA) is 62.2 Å². The highest BCUT2D eigenvalue weighted by Gasteiger charge is 2.14. The smallest absolute Gasteiger partial charge is 0.119 e. The van der Waals surface area contributed by atoms with Crippen molar-refractivity contribution in [1.82, 2.24) is 0 Å². The molecule has 0 aliphatic rings. The van der Waals surface area contributed by atoms with Gasteiger partial charge in [-0.15, -0.1) is 0 Å². The van der Waals surface area contributed by atoms with Gasteiger partial charge in [-0.3, -0.25) is 0 Å². The molecule has 5 aromatic rings. The lowest BCUT2D eigenvalue weighted by molar-refractivity contribution is 0.0536. The van der Waals surface area contributed by atoms with Crippen LogP contribution in [0.5, 0.6) is 11.5 Å². The molecule has 0 fully saturated rings. The van der Waals surface area contributed by atoms with E-state index < -0.39 is 6.10 Å². The van der Waals surface area contributed by atoms with Gasteiger partial charge in [0.05, 0.1) is 13.7 Å². The number of aliphatic hydroxyl groups is 2. The maximum Gasteiger partial charge on any atom is 0.119 e. The SMILES string of the molecule is COc1ccc(N(c2ccc(C=C(c3ccccc3)c3ccccc3)cc2)c2ccc(OCC(O)CO)cc2)cc1. The first-order valence-corrected chi connectivity index (χ1v) is 13.5. The zero-order valence-corrected chi connectivity index (χ0v) is 22.9. The summed E-state index contributed by atoms with van der Waals surface area (Å²) < 4.78 is 11.0. The molecule has 41 heavy (non-hydrogen) atoms. The standard InChI is InChI=1S/C36H33NO4/c1-40-34-20-16-31(17-21-34)37(32-18-22-35(23-19-32)41-26-33(39)25-38)30-14-12-27(13-15-30)24-36(28-8-4-2-5-9-28)29-10-6-3-7-11-29/h2-24,33,38-39H,25-26H2,1H3. The number of nitrogens with zero attached hydrogens (tertiary/aromatic N) is 1. The third-order valence-corrected chi connectivity index (χ3v) is 6.71. The average Bonchev–Trinajstić information content (AvgIpc) is 3.05. The van der Waals surface area contributed by atoms with Crippen molar-refractivity contribution < 1.29 is 19.7 Å². The van der Waals surface area contributed by atoms with Crippen molar-refractivity contribution in [3.63, 3.8) is 0 Å². The van der Waals surface area contributed by atoms with Gasteiger partial charge in [-0.2, -0.15) is 0 Å². The fraction of sp³-hybridized carbons (Fsp3) is 0.111. The summed E-state index contributed by atoms with van der Waals surface area (Å²) in [6, 6.07) is 45.0. The zero-order valence-electron chi connectivity index (χ0n) is 22.9. The van der Waals surface area contributed by atoms with Gasteiger partial charge in [0.2, 0.25) is 0 Å². The van der Waals surface area contributed by atoms with E-state index in [-0.39, 0.29) is 13.2 Å². The van der Waals surface area contributed by atoms with Crippen molar-refractivity contribution in [2.45, 2.75) is 6.10 Å². The largest absolute Gasteiger partial charge is 0.497 e. The quantitative estimate of drug-likeness (QED) is 0.169. The second-order valence-electron chi connectivity index (χ2n) is 9.56. The predicted octanol–water partition coefficient (Wildman–Crippen LogP) is 7.49. The van der Waals surface area contributed by atoms with Crippen molar-refractivity contribution in [3.05, 3.63) is 150 Å². The Balaban J connectivity index is 1.48. The molecule has 0 bridgehead atoms. The summed E-state index contributed by atoms with van der Waals surface area (Å²) in [4.78, 5) is 2.16. The number of rotatable bonds is 11. The lowest BCUT2D eigenvalue weighted by Crippen LogP contribution is -2.21. The number of benzene rings is 5. The van der Waals surface area contributed by atoms with Crippen molar-refractivity contribution in [3.8, 4) is 11.5 Å². The molecule has 206 valence electrons. The van der Waals surface area contributed by atoms with Gasteiger partial charge in [0.25, 0.3) is 0 Å². The minimum absolute atomic E-state index is 0.0287. The summed E-state index contributed by atoms with van der Waals surface area (Å²) in [6.45, 7) is -0.312. The molecule has 0 aromatic heterocycles. The molecular formula is C36H33NO4. The van der Waals surface area contributed by atoms with Crippen LogP contribution in [0.2, 0.25) is 0 Å². The number of anilines is 3. The van der Waals surface area contributed by atoms with Crippen LogP contribution >= 0.6 is 0 Å². The van der Waals surface area contributed by atoms with Crippen LogP contribution in [-0.4, -0.2) is 36.6 Å². The van der Waals surface area contributed by atoms with Gasteiger partial charge in [-0.25, -0.2) is 0 Å². The van der Waals surface area contributed by atoms with Gasteiger partial charge < -0.3 is 24.6 Å². The van der Waals surface area contributed by atoms with Crippen LogP contribution in [0.25, 0.3) is 11.6 Å². The summed E-state index contributed by atoms with van der Waals surface area (Å²) in [6.07, 6.45) is 1.31. The fourth-order valence-corrected chi connectivity index (χ4v) is 4.57. The Morgan fingerprint density at radius 1 is 0.659 bits per heavy atom. The van der Waals surface area contributed by atoms with Crippen LogP contribution in [0.15, 0.2) is 133 Å². The van der Waals surface area contributed by atoms with Crippen LogP contribution in [-0.2, 0) is 0 Å². The van der Waals surface area contributed by atoms with Crippen LogP contribution < -0.4 is 14.4 Å². The van der Waals surface area contributed by atoms with Crippen LogP contribution in [0, 0.1) is 0 Å². The highest BCUT2D eigenvalue weighted by atomic mass is 16.5. The molecule has 1 unspecified atom stereocenters. The predicted molar refractivity (Wildman–Crippen MR) is 166 cm³/mol. The molecule has 0 heterocycles. The van der Waals surface area contributed by atoms with Crippen molar-refractivity contribution in [2.24, 2.45) is 0 Å². The molecule has 0 saturated carbocycles. The summed E-state index contributed by atoms with van der Waals surface area (Å²) in [5, 5.41) is 18.7. The fourth-order valence-electron chi connectivity index (χ4n) is 4.57. The minimum atomic E-state index is -0.915. The Bertz CT molecular complexity index is 1490. The Morgan fingerprint density at radius 3 is 1.59 bits per heavy atom. The number of hydrogen-bond acceptors (Lipinski definition) is 5. The molecule has 5 rings (SSSR count). The summed E-state index contributed by atoms with van der Waals surface area (Å²) in [5.74, 6) is 1.40. The van der Waals surface area contributed by atoms with E-state index in [1.165, 1.54) is 0 Å². The van der Waals surface area contributed by atoms with E-state index in [1.54, 1.807) is 7.11 Å². The second kappa shape index (κ2) is 13.5. The Hall–Kier alpha value is -4.84. The van der Waals surface area contributed by atoms with E-state index >= 15 is 0 Å². The first-order chi connectivity index (χ1) is 20.1. The van der Waals surface area contributed by atoms with Gasteiger partial charge in [0.15, 0.2) is 0 Å². The monoisotopic (exact) mass is 543 g/mol. The van der Waals surface area contributed by atoms with Gasteiger partial charge in [-0.05, 0) is 89.0 Å². The lowest BCUT2D eigenvalue weighted by atomic mass is 9.95. The van der Waals surface area contributed by atoms with Gasteiger partial charge in [0, 0.05) is 17.1 Å². The third kappa shape index (κ3) is 7.03. The highest BCUT2D eigenvalue weighted by Crippen LogP contribution is 2.36. The Labute approximate surface area is 241 Å².